The zero-order valence-electron chi connectivity index (χ0n) is 18.4. The summed E-state index contributed by atoms with van der Waals surface area (Å²) in [6, 6.07) is 15.2. The summed E-state index contributed by atoms with van der Waals surface area (Å²) in [4.78, 5) is 27.5. The van der Waals surface area contributed by atoms with Crippen LogP contribution < -0.4 is 10.2 Å². The highest BCUT2D eigenvalue weighted by molar-refractivity contribution is 7.90. The van der Waals surface area contributed by atoms with Gasteiger partial charge in [0.25, 0.3) is 0 Å². The van der Waals surface area contributed by atoms with E-state index in [1.807, 2.05) is 62.4 Å². The molecule has 1 N–H and O–H groups in total. The molecule has 1 saturated heterocycles. The molecule has 3 heterocycles. The first-order valence-corrected chi connectivity index (χ1v) is 12.6. The molecule has 3 aromatic rings. The standard InChI is InChI=1S/C24H24N4O4S/c1-15-6-5-8-18(10-15)27-12-17(11-22(27)29)24(30)25-23-19-13-33(31,32)14-20(19)26-28(23)21-9-4-3-7-16(21)2/h3-10,17H,11-14H2,1-2H3,(H,25,30). The van der Waals surface area contributed by atoms with Crippen LogP contribution in [0.5, 0.6) is 0 Å². The number of amides is 2. The van der Waals surface area contributed by atoms with Crippen molar-refractivity contribution >= 4 is 33.2 Å². The van der Waals surface area contributed by atoms with Gasteiger partial charge in [0.1, 0.15) is 5.82 Å². The lowest BCUT2D eigenvalue weighted by Crippen LogP contribution is -2.29. The topological polar surface area (TPSA) is 101 Å². The first-order chi connectivity index (χ1) is 15.7. The number of fused-ring (bicyclic) bond motifs is 1. The summed E-state index contributed by atoms with van der Waals surface area (Å²) in [5.74, 6) is -0.921. The third-order valence-corrected chi connectivity index (χ3v) is 7.62. The number of carbonyl (C=O) groups is 2. The second kappa shape index (κ2) is 7.84. The average Bonchev–Trinajstić information content (AvgIpc) is 3.39. The number of nitrogens with zero attached hydrogens (tertiary/aromatic N) is 3. The number of anilines is 2. The lowest BCUT2D eigenvalue weighted by atomic mass is 10.1. The lowest BCUT2D eigenvalue weighted by molar-refractivity contribution is -0.122. The number of hydrogen-bond donors (Lipinski definition) is 1. The normalized spacial score (nSPS) is 19.0. The van der Waals surface area contributed by atoms with Crippen LogP contribution >= 0.6 is 0 Å². The van der Waals surface area contributed by atoms with Gasteiger partial charge in [-0.3, -0.25) is 9.59 Å². The van der Waals surface area contributed by atoms with Crippen molar-refractivity contribution in [2.24, 2.45) is 5.92 Å². The molecule has 1 unspecified atom stereocenters. The Morgan fingerprint density at radius 2 is 1.88 bits per heavy atom. The number of hydrogen-bond acceptors (Lipinski definition) is 5. The van der Waals surface area contributed by atoms with Gasteiger partial charge in [0.15, 0.2) is 9.84 Å². The highest BCUT2D eigenvalue weighted by atomic mass is 32.2. The molecule has 9 heteroatoms. The van der Waals surface area contributed by atoms with E-state index < -0.39 is 15.8 Å². The van der Waals surface area contributed by atoms with Gasteiger partial charge in [-0.1, -0.05) is 30.3 Å². The van der Waals surface area contributed by atoms with Crippen LogP contribution in [0.4, 0.5) is 11.5 Å². The van der Waals surface area contributed by atoms with Crippen molar-refractivity contribution in [3.63, 3.8) is 0 Å². The molecule has 0 spiro atoms. The van der Waals surface area contributed by atoms with E-state index in [-0.39, 0.29) is 36.3 Å². The van der Waals surface area contributed by atoms with Gasteiger partial charge in [-0.05, 0) is 43.2 Å². The zero-order chi connectivity index (χ0) is 23.3. The Morgan fingerprint density at radius 3 is 2.64 bits per heavy atom. The van der Waals surface area contributed by atoms with Crippen LogP contribution in [0.2, 0.25) is 0 Å². The van der Waals surface area contributed by atoms with E-state index in [9.17, 15) is 18.0 Å². The Labute approximate surface area is 192 Å². The maximum Gasteiger partial charge on any atom is 0.230 e. The molecule has 2 amide bonds. The Bertz CT molecular complexity index is 1390. The number of sulfone groups is 1. The molecule has 5 rings (SSSR count). The van der Waals surface area contributed by atoms with E-state index in [1.54, 1.807) is 9.58 Å². The highest BCUT2D eigenvalue weighted by Crippen LogP contribution is 2.34. The van der Waals surface area contributed by atoms with Crippen LogP contribution in [-0.4, -0.2) is 36.6 Å². The molecule has 2 aliphatic heterocycles. The minimum absolute atomic E-state index is 0.0960. The quantitative estimate of drug-likeness (QED) is 0.640. The lowest BCUT2D eigenvalue weighted by Gasteiger charge is -2.18. The molecular weight excluding hydrogens is 440 g/mol. The van der Waals surface area contributed by atoms with Crippen molar-refractivity contribution in [1.29, 1.82) is 0 Å². The monoisotopic (exact) mass is 464 g/mol. The maximum absolute atomic E-state index is 13.3. The van der Waals surface area contributed by atoms with Crippen molar-refractivity contribution < 1.29 is 18.0 Å². The molecule has 0 saturated carbocycles. The van der Waals surface area contributed by atoms with Crippen molar-refractivity contribution in [3.05, 3.63) is 70.9 Å². The summed E-state index contributed by atoms with van der Waals surface area (Å²) >= 11 is 0. The summed E-state index contributed by atoms with van der Waals surface area (Å²) in [6.07, 6.45) is 0.0960. The summed E-state index contributed by atoms with van der Waals surface area (Å²) in [7, 11) is -3.30. The molecule has 2 aromatic carbocycles. The molecular formula is C24H24N4O4S. The molecule has 33 heavy (non-hydrogen) atoms. The van der Waals surface area contributed by atoms with Crippen LogP contribution in [-0.2, 0) is 30.9 Å². The van der Waals surface area contributed by atoms with E-state index in [2.05, 4.69) is 10.4 Å². The van der Waals surface area contributed by atoms with Crippen LogP contribution in [0.1, 0.15) is 28.8 Å². The van der Waals surface area contributed by atoms with Gasteiger partial charge in [0, 0.05) is 24.2 Å². The number of aryl methyl sites for hydroxylation is 2. The summed E-state index contributed by atoms with van der Waals surface area (Å²) in [5, 5.41) is 7.45. The number of para-hydroxylation sites is 1. The first kappa shape index (κ1) is 21.4. The molecule has 0 bridgehead atoms. The third-order valence-electron chi connectivity index (χ3n) is 6.18. The smallest absolute Gasteiger partial charge is 0.230 e. The average molecular weight is 465 g/mol. The van der Waals surface area contributed by atoms with Gasteiger partial charge in [-0.15, -0.1) is 0 Å². The minimum Gasteiger partial charge on any atom is -0.312 e. The molecule has 1 atom stereocenters. The van der Waals surface area contributed by atoms with Gasteiger partial charge in [-0.2, -0.15) is 5.10 Å². The van der Waals surface area contributed by atoms with Gasteiger partial charge >= 0.3 is 0 Å². The SMILES string of the molecule is Cc1cccc(N2CC(C(=O)Nc3c4c(nn3-c3ccccc3C)CS(=O)(=O)C4)CC2=O)c1. The Balaban J connectivity index is 1.45. The molecule has 1 fully saturated rings. The molecule has 0 radical (unpaired) electrons. The van der Waals surface area contributed by atoms with E-state index in [0.717, 1.165) is 22.5 Å². The van der Waals surface area contributed by atoms with Gasteiger partial charge in [0.05, 0.1) is 28.8 Å². The maximum atomic E-state index is 13.3. The van der Waals surface area contributed by atoms with E-state index in [4.69, 9.17) is 0 Å². The third kappa shape index (κ3) is 3.93. The van der Waals surface area contributed by atoms with Crippen molar-refractivity contribution in [2.75, 3.05) is 16.8 Å². The summed E-state index contributed by atoms with van der Waals surface area (Å²) < 4.78 is 26.0. The highest BCUT2D eigenvalue weighted by Gasteiger charge is 2.38. The van der Waals surface area contributed by atoms with E-state index in [0.29, 0.717) is 17.1 Å². The second-order valence-corrected chi connectivity index (χ2v) is 10.8. The van der Waals surface area contributed by atoms with E-state index >= 15 is 0 Å². The van der Waals surface area contributed by atoms with Gasteiger partial charge < -0.3 is 10.2 Å². The first-order valence-electron chi connectivity index (χ1n) is 10.8. The number of aromatic nitrogens is 2. The fourth-order valence-corrected chi connectivity index (χ4v) is 5.99. The van der Waals surface area contributed by atoms with Crippen LogP contribution in [0.25, 0.3) is 5.69 Å². The predicted octanol–water partition coefficient (Wildman–Crippen LogP) is 2.91. The van der Waals surface area contributed by atoms with Gasteiger partial charge in [-0.25, -0.2) is 13.1 Å². The van der Waals surface area contributed by atoms with Crippen LogP contribution in [0.15, 0.2) is 48.5 Å². The molecule has 170 valence electrons. The summed E-state index contributed by atoms with van der Waals surface area (Å²) in [6.45, 7) is 4.16. The minimum atomic E-state index is -3.30. The Morgan fingerprint density at radius 1 is 1.09 bits per heavy atom. The summed E-state index contributed by atoms with van der Waals surface area (Å²) in [5.41, 5.74) is 4.49. The number of benzene rings is 2. The van der Waals surface area contributed by atoms with Crippen molar-refractivity contribution in [2.45, 2.75) is 31.8 Å². The Hall–Kier alpha value is -3.46. The van der Waals surface area contributed by atoms with Crippen molar-refractivity contribution in [1.82, 2.24) is 9.78 Å². The van der Waals surface area contributed by atoms with Crippen LogP contribution in [0, 0.1) is 19.8 Å². The molecule has 0 aliphatic carbocycles. The van der Waals surface area contributed by atoms with Crippen molar-refractivity contribution in [3.8, 4) is 5.69 Å². The fourth-order valence-electron chi connectivity index (χ4n) is 4.49. The second-order valence-electron chi connectivity index (χ2n) is 8.74. The fraction of sp³-hybridized carbons (Fsp3) is 0.292. The van der Waals surface area contributed by atoms with E-state index in [1.165, 1.54) is 0 Å². The zero-order valence-corrected chi connectivity index (χ0v) is 19.2. The number of rotatable bonds is 4. The molecule has 2 aliphatic rings. The molecule has 8 nitrogen and oxygen atoms in total. The predicted molar refractivity (Wildman–Crippen MR) is 125 cm³/mol. The molecule has 1 aromatic heterocycles. The largest absolute Gasteiger partial charge is 0.312 e. The number of nitrogens with one attached hydrogen (secondary N) is 1. The number of carbonyl (C=O) groups excluding carboxylic acids is 2. The van der Waals surface area contributed by atoms with Gasteiger partial charge in [0.2, 0.25) is 11.8 Å². The Kier molecular flexibility index (Phi) is 5.08. The van der Waals surface area contributed by atoms with Crippen LogP contribution in [0.3, 0.4) is 0 Å².